The molecule has 1 aliphatic heterocycles. The van der Waals surface area contributed by atoms with E-state index in [9.17, 15) is 9.59 Å². The topological polar surface area (TPSA) is 143 Å². The number of allylic oxidation sites excluding steroid dienone is 1. The van der Waals surface area contributed by atoms with Crippen LogP contribution in [-0.2, 0) is 14.3 Å². The Balaban J connectivity index is 1.72. The molecule has 1 heterocycles. The van der Waals surface area contributed by atoms with Crippen molar-refractivity contribution in [2.75, 3.05) is 26.9 Å². The van der Waals surface area contributed by atoms with Gasteiger partial charge in [0.05, 0.1) is 31.5 Å². The number of methoxy groups -OCH3 is 1. The number of nitrogens with one attached hydrogen (secondary N) is 3. The standard InChI is InChI=1S/C26H27N5O6S/c1-4-35-25(33)22-16(2)29-26(38)30-23(22)18-9-5-6-10-19(18)37-15-21(32)31-28-14-17-8-7-11-20(34-3)24(17)36-13-12-27/h5-11,14,23H,4,13,15H2,1-3H3,(H,31,32)(H2,29,30,38)/t23-/m0/s1. The number of benzene rings is 2. The van der Waals surface area contributed by atoms with Gasteiger partial charge in [0, 0.05) is 16.8 Å². The first-order valence-electron chi connectivity index (χ1n) is 11.5. The molecule has 3 N–H and O–H groups in total. The number of esters is 1. The van der Waals surface area contributed by atoms with E-state index >= 15 is 0 Å². The number of para-hydroxylation sites is 2. The van der Waals surface area contributed by atoms with Gasteiger partial charge < -0.3 is 29.6 Å². The Morgan fingerprint density at radius 1 is 1.18 bits per heavy atom. The molecule has 2 aromatic rings. The summed E-state index contributed by atoms with van der Waals surface area (Å²) in [6, 6.07) is 13.4. The Labute approximate surface area is 225 Å². The fourth-order valence-electron chi connectivity index (χ4n) is 3.66. The van der Waals surface area contributed by atoms with Crippen molar-refractivity contribution in [3.05, 3.63) is 64.9 Å². The van der Waals surface area contributed by atoms with E-state index in [2.05, 4.69) is 21.2 Å². The quantitative estimate of drug-likeness (QED) is 0.169. The van der Waals surface area contributed by atoms with Crippen LogP contribution in [0.15, 0.2) is 58.8 Å². The Morgan fingerprint density at radius 3 is 2.68 bits per heavy atom. The molecule has 1 atom stereocenters. The summed E-state index contributed by atoms with van der Waals surface area (Å²) >= 11 is 5.29. The highest BCUT2D eigenvalue weighted by atomic mass is 32.1. The smallest absolute Gasteiger partial charge is 0.338 e. The van der Waals surface area contributed by atoms with Crippen LogP contribution in [0.1, 0.15) is 31.0 Å². The van der Waals surface area contributed by atoms with Crippen molar-refractivity contribution < 1.29 is 28.5 Å². The van der Waals surface area contributed by atoms with Crippen LogP contribution in [-0.4, -0.2) is 50.1 Å². The summed E-state index contributed by atoms with van der Waals surface area (Å²) in [6.45, 7) is 3.15. The molecule has 0 saturated heterocycles. The summed E-state index contributed by atoms with van der Waals surface area (Å²) in [5.74, 6) is 0.115. The molecule has 11 nitrogen and oxygen atoms in total. The molecule has 0 saturated carbocycles. The monoisotopic (exact) mass is 537 g/mol. The van der Waals surface area contributed by atoms with Crippen molar-refractivity contribution in [1.82, 2.24) is 16.1 Å². The van der Waals surface area contributed by atoms with Gasteiger partial charge in [-0.15, -0.1) is 0 Å². The number of thiocarbonyl (C=S) groups is 1. The summed E-state index contributed by atoms with van der Waals surface area (Å²) in [4.78, 5) is 25.1. The number of amides is 1. The number of nitriles is 1. The van der Waals surface area contributed by atoms with Crippen LogP contribution in [0.4, 0.5) is 0 Å². The number of carbonyl (C=O) groups excluding carboxylic acids is 2. The van der Waals surface area contributed by atoms with E-state index in [0.717, 1.165) is 0 Å². The molecule has 12 heteroatoms. The molecule has 0 radical (unpaired) electrons. The summed E-state index contributed by atoms with van der Waals surface area (Å²) < 4.78 is 21.7. The third-order valence-corrected chi connectivity index (χ3v) is 5.48. The molecule has 3 rings (SSSR count). The molecular formula is C26H27N5O6S. The fraction of sp³-hybridized carbons (Fsp3) is 0.269. The molecule has 0 fully saturated rings. The van der Waals surface area contributed by atoms with Crippen LogP contribution in [0.2, 0.25) is 0 Å². The van der Waals surface area contributed by atoms with E-state index in [0.29, 0.717) is 44.8 Å². The Kier molecular flexibility index (Phi) is 10.0. The molecule has 0 aromatic heterocycles. The van der Waals surface area contributed by atoms with Crippen LogP contribution in [0.3, 0.4) is 0 Å². The van der Waals surface area contributed by atoms with Gasteiger partial charge in [0.15, 0.2) is 29.8 Å². The van der Waals surface area contributed by atoms with Gasteiger partial charge in [-0.1, -0.05) is 24.3 Å². The maximum Gasteiger partial charge on any atom is 0.338 e. The highest BCUT2D eigenvalue weighted by molar-refractivity contribution is 7.80. The highest BCUT2D eigenvalue weighted by Crippen LogP contribution is 2.33. The molecule has 2 aromatic carbocycles. The third-order valence-electron chi connectivity index (χ3n) is 5.26. The minimum atomic E-state index is -0.639. The number of carbonyl (C=O) groups is 2. The Morgan fingerprint density at radius 2 is 1.95 bits per heavy atom. The second-order valence-electron chi connectivity index (χ2n) is 7.74. The lowest BCUT2D eigenvalue weighted by atomic mass is 9.95. The van der Waals surface area contributed by atoms with Crippen molar-refractivity contribution in [1.29, 1.82) is 5.26 Å². The van der Waals surface area contributed by atoms with E-state index in [-0.39, 0.29) is 19.8 Å². The summed E-state index contributed by atoms with van der Waals surface area (Å²) in [5, 5.41) is 19.1. The van der Waals surface area contributed by atoms with E-state index in [1.807, 2.05) is 6.07 Å². The average molecular weight is 538 g/mol. The molecule has 0 unspecified atom stereocenters. The van der Waals surface area contributed by atoms with E-state index in [1.165, 1.54) is 13.3 Å². The molecular weight excluding hydrogens is 510 g/mol. The van der Waals surface area contributed by atoms with Crippen molar-refractivity contribution in [3.63, 3.8) is 0 Å². The number of hydrazone groups is 1. The zero-order valence-electron chi connectivity index (χ0n) is 21.1. The largest absolute Gasteiger partial charge is 0.493 e. The summed E-state index contributed by atoms with van der Waals surface area (Å²) in [7, 11) is 1.48. The Hall–Kier alpha value is -4.63. The SMILES string of the molecule is CCOC(=O)C1=C(C)NC(=S)N[C@H]1c1ccccc1OCC(=O)NN=Cc1cccc(OC)c1OCC#N. The lowest BCUT2D eigenvalue weighted by Gasteiger charge is -2.30. The number of hydrogen-bond acceptors (Lipinski definition) is 9. The van der Waals surface area contributed by atoms with Crippen LogP contribution in [0.25, 0.3) is 0 Å². The van der Waals surface area contributed by atoms with Gasteiger partial charge in [0.25, 0.3) is 5.91 Å². The maximum absolute atomic E-state index is 12.7. The molecule has 0 spiro atoms. The third kappa shape index (κ3) is 6.98. The van der Waals surface area contributed by atoms with Crippen LogP contribution >= 0.6 is 12.2 Å². The number of ether oxygens (including phenoxy) is 4. The van der Waals surface area contributed by atoms with Gasteiger partial charge in [0.1, 0.15) is 11.8 Å². The van der Waals surface area contributed by atoms with E-state index in [1.54, 1.807) is 56.3 Å². The maximum atomic E-state index is 12.7. The van der Waals surface area contributed by atoms with E-state index < -0.39 is 17.9 Å². The molecule has 1 amide bonds. The van der Waals surface area contributed by atoms with Crippen molar-refractivity contribution in [3.8, 4) is 23.3 Å². The van der Waals surface area contributed by atoms with Crippen molar-refractivity contribution in [2.24, 2.45) is 5.10 Å². The van der Waals surface area contributed by atoms with Gasteiger partial charge in [-0.05, 0) is 44.3 Å². The lowest BCUT2D eigenvalue weighted by Crippen LogP contribution is -2.45. The van der Waals surface area contributed by atoms with Crippen LogP contribution in [0.5, 0.6) is 17.2 Å². The van der Waals surface area contributed by atoms with Gasteiger partial charge in [-0.25, -0.2) is 10.2 Å². The molecule has 0 aliphatic carbocycles. The Bertz CT molecular complexity index is 1300. The minimum Gasteiger partial charge on any atom is -0.493 e. The summed E-state index contributed by atoms with van der Waals surface area (Å²) in [5.41, 5.74) is 4.43. The zero-order chi connectivity index (χ0) is 27.5. The molecule has 0 bridgehead atoms. The first kappa shape index (κ1) is 27.9. The second kappa shape index (κ2) is 13.6. The van der Waals surface area contributed by atoms with Crippen LogP contribution < -0.4 is 30.3 Å². The van der Waals surface area contributed by atoms with Gasteiger partial charge >= 0.3 is 5.97 Å². The predicted octanol–water partition coefficient (Wildman–Crippen LogP) is 2.48. The fourth-order valence-corrected chi connectivity index (χ4v) is 3.93. The van der Waals surface area contributed by atoms with Crippen molar-refractivity contribution >= 4 is 35.4 Å². The zero-order valence-corrected chi connectivity index (χ0v) is 21.9. The number of hydrogen-bond donors (Lipinski definition) is 3. The van der Waals surface area contributed by atoms with Gasteiger partial charge in [-0.3, -0.25) is 4.79 Å². The predicted molar refractivity (Wildman–Crippen MR) is 143 cm³/mol. The highest BCUT2D eigenvalue weighted by Gasteiger charge is 2.32. The summed E-state index contributed by atoms with van der Waals surface area (Å²) in [6.07, 6.45) is 1.38. The number of rotatable bonds is 11. The minimum absolute atomic E-state index is 0.177. The first-order chi connectivity index (χ1) is 18.4. The second-order valence-corrected chi connectivity index (χ2v) is 8.14. The normalized spacial score (nSPS) is 14.7. The van der Waals surface area contributed by atoms with E-state index in [4.69, 9.17) is 36.4 Å². The lowest BCUT2D eigenvalue weighted by molar-refractivity contribution is -0.139. The molecule has 1 aliphatic rings. The van der Waals surface area contributed by atoms with Crippen molar-refractivity contribution in [2.45, 2.75) is 19.9 Å². The first-order valence-corrected chi connectivity index (χ1v) is 12.0. The average Bonchev–Trinajstić information content (AvgIpc) is 2.90. The van der Waals surface area contributed by atoms with Gasteiger partial charge in [0.2, 0.25) is 0 Å². The van der Waals surface area contributed by atoms with Gasteiger partial charge in [-0.2, -0.15) is 10.4 Å². The number of nitrogens with zero attached hydrogens (tertiary/aromatic N) is 2. The van der Waals surface area contributed by atoms with Crippen LogP contribution in [0, 0.1) is 11.3 Å². The molecule has 38 heavy (non-hydrogen) atoms. The molecule has 198 valence electrons.